The van der Waals surface area contributed by atoms with Gasteiger partial charge in [-0.3, -0.25) is 0 Å². The van der Waals surface area contributed by atoms with E-state index in [0.29, 0.717) is 0 Å². The molecule has 76 valence electrons. The van der Waals surface area contributed by atoms with Crippen LogP contribution in [0.15, 0.2) is 0 Å². The first kappa shape index (κ1) is 23.3. The Morgan fingerprint density at radius 3 is 0.750 bits per heavy atom. The van der Waals surface area contributed by atoms with Crippen molar-refractivity contribution in [1.29, 1.82) is 0 Å². The first-order chi connectivity index (χ1) is 4.00. The van der Waals surface area contributed by atoms with Crippen LogP contribution in [-0.4, -0.2) is 67.1 Å². The molecule has 12 heavy (non-hydrogen) atoms. The van der Waals surface area contributed by atoms with E-state index in [1.165, 1.54) is 0 Å². The zero-order valence-electron chi connectivity index (χ0n) is 7.81. The van der Waals surface area contributed by atoms with Crippen LogP contribution in [0.2, 0.25) is 0 Å². The van der Waals surface area contributed by atoms with Gasteiger partial charge in [0.1, 0.15) is 0 Å². The van der Waals surface area contributed by atoms with Crippen molar-refractivity contribution in [2.45, 2.75) is 0 Å². The second-order valence-electron chi connectivity index (χ2n) is 1.03. The number of phosphoric acid groups is 2. The summed E-state index contributed by atoms with van der Waals surface area (Å²) < 4.78 is 17.8. The molecular formula is H11CaNO8P2. The van der Waals surface area contributed by atoms with Gasteiger partial charge in [-0.05, 0) is 0 Å². The Kier molecular flexibility index (Phi) is 17.5. The van der Waals surface area contributed by atoms with Gasteiger partial charge in [0.25, 0.3) is 0 Å². The number of hydrogen-bond donors (Lipinski definition) is 7. The van der Waals surface area contributed by atoms with Gasteiger partial charge in [0.2, 0.25) is 0 Å². The molecular weight excluding hydrogens is 244 g/mol. The third kappa shape index (κ3) is 601. The van der Waals surface area contributed by atoms with Crippen molar-refractivity contribution in [2.24, 2.45) is 0 Å². The van der Waals surface area contributed by atoms with Crippen LogP contribution < -0.4 is 6.15 Å². The van der Waals surface area contributed by atoms with Crippen LogP contribution in [0.25, 0.3) is 0 Å². The number of rotatable bonds is 0. The molecule has 0 atom stereocenters. The Morgan fingerprint density at radius 1 is 0.750 bits per heavy atom. The van der Waals surface area contributed by atoms with Crippen LogP contribution in [0.5, 0.6) is 0 Å². The first-order valence-electron chi connectivity index (χ1n) is 1.57. The van der Waals surface area contributed by atoms with Crippen molar-refractivity contribution in [3.8, 4) is 0 Å². The average molecular weight is 255 g/mol. The summed E-state index contributed by atoms with van der Waals surface area (Å²) in [5.74, 6) is 0. The van der Waals surface area contributed by atoms with Crippen LogP contribution in [-0.2, 0) is 9.13 Å². The molecule has 0 aromatic heterocycles. The maximum absolute atomic E-state index is 8.88. The van der Waals surface area contributed by atoms with E-state index in [4.69, 9.17) is 38.5 Å². The molecule has 0 heterocycles. The van der Waals surface area contributed by atoms with Crippen molar-refractivity contribution in [3.63, 3.8) is 0 Å². The normalized spacial score (nSPS) is 9.83. The van der Waals surface area contributed by atoms with Crippen LogP contribution in [0.1, 0.15) is 2.85 Å². The van der Waals surface area contributed by atoms with E-state index in [1.807, 2.05) is 0 Å². The van der Waals surface area contributed by atoms with Crippen molar-refractivity contribution in [1.82, 2.24) is 6.15 Å². The summed E-state index contributed by atoms with van der Waals surface area (Å²) in [6.45, 7) is 0. The van der Waals surface area contributed by atoms with Crippen LogP contribution in [0.4, 0.5) is 0 Å². The molecule has 0 aromatic rings. The smallest absolute Gasteiger partial charge is 1.00 e. The van der Waals surface area contributed by atoms with E-state index in [-0.39, 0.29) is 46.7 Å². The van der Waals surface area contributed by atoms with E-state index >= 15 is 0 Å². The molecule has 0 saturated heterocycles. The summed E-state index contributed by atoms with van der Waals surface area (Å²) in [6, 6.07) is 0. The molecule has 9 nitrogen and oxygen atoms in total. The molecule has 0 saturated carbocycles. The molecule has 0 fully saturated rings. The maximum Gasteiger partial charge on any atom is 2.00 e. The third-order valence-electron chi connectivity index (χ3n) is 0. The zero-order valence-corrected chi connectivity index (χ0v) is 9.81. The zero-order chi connectivity index (χ0) is 9.00. The fourth-order valence-corrected chi connectivity index (χ4v) is 0. The van der Waals surface area contributed by atoms with Crippen LogP contribution in [0, 0.1) is 0 Å². The van der Waals surface area contributed by atoms with Crippen molar-refractivity contribution >= 4 is 53.4 Å². The van der Waals surface area contributed by atoms with Gasteiger partial charge in [-0.2, -0.15) is 0 Å². The van der Waals surface area contributed by atoms with Gasteiger partial charge >= 0.3 is 53.4 Å². The summed E-state index contributed by atoms with van der Waals surface area (Å²) >= 11 is 0. The summed E-state index contributed by atoms with van der Waals surface area (Å²) in [7, 11) is -9.28. The Bertz CT molecular complexity index is 138. The SMILES string of the molecule is N.O=P(O)(O)O.O=P(O)(O)O.[Ca+2].[H-].[H-]. The molecule has 0 aliphatic heterocycles. The topological polar surface area (TPSA) is 191 Å². The Balaban J connectivity index is -0.0000000178. The molecule has 0 unspecified atom stereocenters. The standard InChI is InChI=1S/Ca.H3N.2H3O4P.2H/c;;2*1-5(2,3)4;;/h;1H3;2*(H3,1,2,3,4);;/q+2;;;;2*-1. The van der Waals surface area contributed by atoms with Crippen LogP contribution in [0.3, 0.4) is 0 Å². The van der Waals surface area contributed by atoms with E-state index in [2.05, 4.69) is 0 Å². The minimum atomic E-state index is -4.64. The van der Waals surface area contributed by atoms with Gasteiger partial charge in [-0.1, -0.05) is 0 Å². The van der Waals surface area contributed by atoms with E-state index in [0.717, 1.165) is 0 Å². The molecule has 0 rings (SSSR count). The molecule has 0 aliphatic rings. The Hall–Kier alpha value is 1.44. The van der Waals surface area contributed by atoms with Crippen molar-refractivity contribution in [2.75, 3.05) is 0 Å². The monoisotopic (exact) mass is 255 g/mol. The predicted octanol–water partition coefficient (Wildman–Crippen LogP) is -1.85. The maximum atomic E-state index is 8.88. The summed E-state index contributed by atoms with van der Waals surface area (Å²) in [5.41, 5.74) is 0. The quantitative estimate of drug-likeness (QED) is 0.192. The second-order valence-corrected chi connectivity index (χ2v) is 3.08. The van der Waals surface area contributed by atoms with Gasteiger partial charge in [0.05, 0.1) is 0 Å². The van der Waals surface area contributed by atoms with E-state index in [1.54, 1.807) is 0 Å². The molecule has 0 aliphatic carbocycles. The van der Waals surface area contributed by atoms with Gasteiger partial charge < -0.3 is 38.4 Å². The van der Waals surface area contributed by atoms with Gasteiger partial charge in [-0.15, -0.1) is 0 Å². The predicted molar refractivity (Wildman–Crippen MR) is 41.5 cm³/mol. The molecule has 12 heteroatoms. The fraction of sp³-hybridized carbons (Fsp3) is 0. The molecule has 0 radical (unpaired) electrons. The van der Waals surface area contributed by atoms with Crippen molar-refractivity contribution in [3.05, 3.63) is 0 Å². The molecule has 0 bridgehead atoms. The average Bonchev–Trinajstić information content (AvgIpc) is 1.12. The Labute approximate surface area is 100 Å². The largest absolute Gasteiger partial charge is 2.00 e. The minimum Gasteiger partial charge on any atom is -1.00 e. The molecule has 0 aromatic carbocycles. The molecule has 9 N–H and O–H groups in total. The number of hydrogen-bond acceptors (Lipinski definition) is 3. The molecule has 0 amide bonds. The van der Waals surface area contributed by atoms with E-state index < -0.39 is 15.6 Å². The van der Waals surface area contributed by atoms with Gasteiger partial charge in [-0.25, -0.2) is 9.13 Å². The first-order valence-corrected chi connectivity index (χ1v) is 4.70. The summed E-state index contributed by atoms with van der Waals surface area (Å²) in [6.07, 6.45) is 0. The van der Waals surface area contributed by atoms with Crippen LogP contribution >= 0.6 is 15.6 Å². The fourth-order valence-electron chi connectivity index (χ4n) is 0. The third-order valence-corrected chi connectivity index (χ3v) is 0. The van der Waals surface area contributed by atoms with Gasteiger partial charge in [0.15, 0.2) is 0 Å². The molecule has 0 spiro atoms. The Morgan fingerprint density at radius 2 is 0.750 bits per heavy atom. The van der Waals surface area contributed by atoms with E-state index in [9.17, 15) is 0 Å². The summed E-state index contributed by atoms with van der Waals surface area (Å²) in [5, 5.41) is 0. The van der Waals surface area contributed by atoms with Crippen molar-refractivity contribution < 1.29 is 41.3 Å². The second kappa shape index (κ2) is 9.01. The van der Waals surface area contributed by atoms with Gasteiger partial charge in [0, 0.05) is 0 Å². The minimum absolute atomic E-state index is 0. The summed E-state index contributed by atoms with van der Waals surface area (Å²) in [4.78, 5) is 43.1.